The molecular weight excluding hydrogens is 250 g/mol. The summed E-state index contributed by atoms with van der Waals surface area (Å²) in [6.07, 6.45) is 1.53. The molecule has 0 radical (unpaired) electrons. The molecule has 0 saturated carbocycles. The fourth-order valence-corrected chi connectivity index (χ4v) is 1.39. The summed E-state index contributed by atoms with van der Waals surface area (Å²) in [6.45, 7) is 1.59. The highest BCUT2D eigenvalue weighted by molar-refractivity contribution is 9.10. The molecule has 0 aliphatic carbocycles. The van der Waals surface area contributed by atoms with Gasteiger partial charge in [-0.05, 0) is 35.0 Å². The van der Waals surface area contributed by atoms with Crippen LogP contribution in [0.1, 0.15) is 13.0 Å². The number of pyridine rings is 1. The molecule has 0 saturated heterocycles. The smallest absolute Gasteiger partial charge is 0.265 e. The summed E-state index contributed by atoms with van der Waals surface area (Å²) in [5, 5.41) is 0. The van der Waals surface area contributed by atoms with Crippen molar-refractivity contribution >= 4 is 21.8 Å². The number of halogens is 1. The number of hydrogen-bond donors (Lipinski definition) is 2. The first-order valence-corrected chi connectivity index (χ1v) is 4.74. The molecule has 1 unspecified atom stereocenters. The van der Waals surface area contributed by atoms with Gasteiger partial charge in [0, 0.05) is 6.20 Å². The molecule has 1 heterocycles. The average Bonchev–Trinajstić information content (AvgIpc) is 2.20. The summed E-state index contributed by atoms with van der Waals surface area (Å²) in [5.74, 6) is 4.56. The highest BCUT2D eigenvalue weighted by atomic mass is 79.9. The number of carbonyl (C=O) groups is 1. The van der Waals surface area contributed by atoms with Gasteiger partial charge < -0.3 is 4.57 Å². The number of carbonyl (C=O) groups excluding carboxylic acids is 1. The molecule has 6 heteroatoms. The lowest BCUT2D eigenvalue weighted by Crippen LogP contribution is -2.39. The van der Waals surface area contributed by atoms with Gasteiger partial charge in [-0.25, -0.2) is 5.84 Å². The molecule has 14 heavy (non-hydrogen) atoms. The fourth-order valence-electron chi connectivity index (χ4n) is 1.03. The van der Waals surface area contributed by atoms with E-state index in [9.17, 15) is 9.59 Å². The number of rotatable bonds is 2. The Hall–Kier alpha value is -1.14. The summed E-state index contributed by atoms with van der Waals surface area (Å²) < 4.78 is 1.71. The minimum atomic E-state index is -0.620. The van der Waals surface area contributed by atoms with Crippen LogP contribution in [0.3, 0.4) is 0 Å². The summed E-state index contributed by atoms with van der Waals surface area (Å²) in [5.41, 5.74) is 1.74. The third kappa shape index (κ3) is 2.02. The topological polar surface area (TPSA) is 77.1 Å². The van der Waals surface area contributed by atoms with Gasteiger partial charge in [0.2, 0.25) is 0 Å². The maximum atomic E-state index is 11.5. The van der Waals surface area contributed by atoms with Crippen LogP contribution >= 0.6 is 15.9 Å². The van der Waals surface area contributed by atoms with Crippen LogP contribution in [0.5, 0.6) is 0 Å². The second kappa shape index (κ2) is 4.39. The summed E-state index contributed by atoms with van der Waals surface area (Å²) in [7, 11) is 0. The summed E-state index contributed by atoms with van der Waals surface area (Å²) in [6, 6.07) is 2.67. The Morgan fingerprint density at radius 3 is 2.93 bits per heavy atom. The molecule has 1 aromatic rings. The van der Waals surface area contributed by atoms with Gasteiger partial charge in [-0.3, -0.25) is 15.0 Å². The fraction of sp³-hybridized carbons (Fsp3) is 0.250. The van der Waals surface area contributed by atoms with Crippen LogP contribution in [-0.4, -0.2) is 10.5 Å². The predicted molar refractivity (Wildman–Crippen MR) is 55.4 cm³/mol. The van der Waals surface area contributed by atoms with Gasteiger partial charge in [-0.15, -0.1) is 0 Å². The van der Waals surface area contributed by atoms with Crippen molar-refractivity contribution in [3.63, 3.8) is 0 Å². The monoisotopic (exact) mass is 259 g/mol. The maximum Gasteiger partial charge on any atom is 0.265 e. The number of hydrazine groups is 1. The van der Waals surface area contributed by atoms with E-state index in [1.165, 1.54) is 10.8 Å². The van der Waals surface area contributed by atoms with Crippen LogP contribution in [-0.2, 0) is 4.79 Å². The van der Waals surface area contributed by atoms with Crippen molar-refractivity contribution in [3.8, 4) is 0 Å². The molecule has 1 atom stereocenters. The van der Waals surface area contributed by atoms with Crippen LogP contribution < -0.4 is 16.8 Å². The van der Waals surface area contributed by atoms with Crippen molar-refractivity contribution in [2.75, 3.05) is 0 Å². The second-order valence-electron chi connectivity index (χ2n) is 2.75. The van der Waals surface area contributed by atoms with E-state index in [1.807, 2.05) is 5.43 Å². The van der Waals surface area contributed by atoms with Crippen molar-refractivity contribution in [2.24, 2.45) is 5.84 Å². The van der Waals surface area contributed by atoms with E-state index in [0.717, 1.165) is 0 Å². The van der Waals surface area contributed by atoms with E-state index in [0.29, 0.717) is 4.47 Å². The van der Waals surface area contributed by atoms with E-state index >= 15 is 0 Å². The van der Waals surface area contributed by atoms with Crippen molar-refractivity contribution in [2.45, 2.75) is 13.0 Å². The van der Waals surface area contributed by atoms with Crippen LogP contribution in [0.4, 0.5) is 0 Å². The number of aromatic nitrogens is 1. The molecule has 76 valence electrons. The number of nitrogens with zero attached hydrogens (tertiary/aromatic N) is 1. The first-order chi connectivity index (χ1) is 6.57. The Balaban J connectivity index is 3.14. The molecule has 0 aliphatic heterocycles. The van der Waals surface area contributed by atoms with Crippen LogP contribution in [0, 0.1) is 0 Å². The highest BCUT2D eigenvalue weighted by Crippen LogP contribution is 2.06. The lowest BCUT2D eigenvalue weighted by atomic mass is 10.3. The minimum absolute atomic E-state index is 0.261. The Kier molecular flexibility index (Phi) is 3.43. The van der Waals surface area contributed by atoms with Crippen molar-refractivity contribution in [1.29, 1.82) is 0 Å². The van der Waals surface area contributed by atoms with Gasteiger partial charge in [0.25, 0.3) is 11.5 Å². The van der Waals surface area contributed by atoms with Gasteiger partial charge in [-0.1, -0.05) is 0 Å². The zero-order valence-corrected chi connectivity index (χ0v) is 9.11. The molecular formula is C8H10BrN3O2. The van der Waals surface area contributed by atoms with Crippen molar-refractivity contribution in [3.05, 3.63) is 33.2 Å². The predicted octanol–water partition coefficient (Wildman–Crippen LogP) is 0.162. The Morgan fingerprint density at radius 1 is 1.71 bits per heavy atom. The third-order valence-electron chi connectivity index (χ3n) is 1.87. The molecule has 1 aromatic heterocycles. The molecule has 1 amide bonds. The van der Waals surface area contributed by atoms with Crippen molar-refractivity contribution in [1.82, 2.24) is 9.99 Å². The van der Waals surface area contributed by atoms with E-state index in [4.69, 9.17) is 5.84 Å². The van der Waals surface area contributed by atoms with Gasteiger partial charge in [0.05, 0.1) is 4.47 Å². The van der Waals surface area contributed by atoms with Gasteiger partial charge in [0.1, 0.15) is 6.04 Å². The lowest BCUT2D eigenvalue weighted by Gasteiger charge is -2.12. The SMILES string of the molecule is CC(C(=O)NN)n1cccc(Br)c1=O. The first kappa shape index (κ1) is 10.9. The standard InChI is InChI=1S/C8H10BrN3O2/c1-5(7(13)11-10)12-4-2-3-6(9)8(12)14/h2-5H,10H2,1H3,(H,11,13). The Labute approximate surface area is 89.0 Å². The zero-order valence-electron chi connectivity index (χ0n) is 7.53. The second-order valence-corrected chi connectivity index (χ2v) is 3.61. The van der Waals surface area contributed by atoms with E-state index < -0.39 is 11.9 Å². The lowest BCUT2D eigenvalue weighted by molar-refractivity contribution is -0.124. The molecule has 0 aliphatic rings. The molecule has 1 rings (SSSR count). The highest BCUT2D eigenvalue weighted by Gasteiger charge is 2.14. The maximum absolute atomic E-state index is 11.5. The van der Waals surface area contributed by atoms with Crippen molar-refractivity contribution < 1.29 is 4.79 Å². The van der Waals surface area contributed by atoms with Gasteiger partial charge in [-0.2, -0.15) is 0 Å². The zero-order chi connectivity index (χ0) is 10.7. The van der Waals surface area contributed by atoms with Crippen LogP contribution in [0.25, 0.3) is 0 Å². The Bertz CT molecular complexity index is 402. The quantitative estimate of drug-likeness (QED) is 0.452. The third-order valence-corrected chi connectivity index (χ3v) is 2.47. The molecule has 0 bridgehead atoms. The van der Waals surface area contributed by atoms with E-state index in [1.54, 1.807) is 19.1 Å². The largest absolute Gasteiger partial charge is 0.302 e. The number of amides is 1. The molecule has 0 spiro atoms. The van der Waals surface area contributed by atoms with Crippen LogP contribution in [0.2, 0.25) is 0 Å². The first-order valence-electron chi connectivity index (χ1n) is 3.95. The molecule has 3 N–H and O–H groups in total. The normalized spacial score (nSPS) is 12.2. The Morgan fingerprint density at radius 2 is 2.36 bits per heavy atom. The molecule has 0 fully saturated rings. The molecule has 5 nitrogen and oxygen atoms in total. The summed E-state index contributed by atoms with van der Waals surface area (Å²) in [4.78, 5) is 22.7. The average molecular weight is 260 g/mol. The van der Waals surface area contributed by atoms with E-state index in [2.05, 4.69) is 15.9 Å². The van der Waals surface area contributed by atoms with Gasteiger partial charge >= 0.3 is 0 Å². The number of nitrogens with two attached hydrogens (primary N) is 1. The number of hydrogen-bond acceptors (Lipinski definition) is 3. The van der Waals surface area contributed by atoms with Crippen LogP contribution in [0.15, 0.2) is 27.6 Å². The summed E-state index contributed by atoms with van der Waals surface area (Å²) >= 11 is 3.09. The van der Waals surface area contributed by atoms with E-state index in [-0.39, 0.29) is 5.56 Å². The minimum Gasteiger partial charge on any atom is -0.302 e. The molecule has 0 aromatic carbocycles. The van der Waals surface area contributed by atoms with Gasteiger partial charge in [0.15, 0.2) is 0 Å². The number of nitrogens with one attached hydrogen (secondary N) is 1.